The van der Waals surface area contributed by atoms with Gasteiger partial charge in [-0.1, -0.05) is 32.0 Å². The van der Waals surface area contributed by atoms with Crippen LogP contribution in [0.2, 0.25) is 0 Å². The molecule has 0 N–H and O–H groups in total. The molecule has 0 radical (unpaired) electrons. The molecule has 7 nitrogen and oxygen atoms in total. The molecule has 2 unspecified atom stereocenters. The van der Waals surface area contributed by atoms with Crippen molar-refractivity contribution < 1.29 is 28.5 Å². The summed E-state index contributed by atoms with van der Waals surface area (Å²) >= 11 is 0. The number of carbonyl (C=O) groups excluding carboxylic acids is 2. The van der Waals surface area contributed by atoms with Gasteiger partial charge in [0, 0.05) is 0 Å². The Morgan fingerprint density at radius 2 is 1.84 bits per heavy atom. The van der Waals surface area contributed by atoms with Crippen molar-refractivity contribution in [1.29, 1.82) is 0 Å². The number of amides is 1. The van der Waals surface area contributed by atoms with Gasteiger partial charge in [-0.3, -0.25) is 0 Å². The first-order valence-corrected chi connectivity index (χ1v) is 7.95. The summed E-state index contributed by atoms with van der Waals surface area (Å²) in [5.41, 5.74) is 0.803. The highest BCUT2D eigenvalue weighted by molar-refractivity contribution is 5.99. The fourth-order valence-electron chi connectivity index (χ4n) is 3.91. The molecule has 2 aliphatic heterocycles. The number of benzene rings is 1. The standard InChI is InChI=1S/C18H21NO6/c1-10(2)18-11-8-6-7-9-12(11)19(17(21)24-5)16(18)25-15(23-4)13(18)14(20)22-3/h6-10,16H,1-5H3. The first kappa shape index (κ1) is 17.1. The predicted molar refractivity (Wildman–Crippen MR) is 88.8 cm³/mol. The highest BCUT2D eigenvalue weighted by atomic mass is 16.7. The molecule has 1 aromatic carbocycles. The van der Waals surface area contributed by atoms with Crippen molar-refractivity contribution >= 4 is 17.7 Å². The van der Waals surface area contributed by atoms with E-state index in [0.717, 1.165) is 5.56 Å². The lowest BCUT2D eigenvalue weighted by atomic mass is 9.67. The van der Waals surface area contributed by atoms with Crippen molar-refractivity contribution in [3.8, 4) is 0 Å². The minimum atomic E-state index is -0.913. The Balaban J connectivity index is 2.34. The van der Waals surface area contributed by atoms with Crippen LogP contribution in [-0.2, 0) is 29.2 Å². The molecular formula is C18H21NO6. The fourth-order valence-corrected chi connectivity index (χ4v) is 3.91. The van der Waals surface area contributed by atoms with E-state index in [0.29, 0.717) is 5.69 Å². The number of nitrogens with zero attached hydrogens (tertiary/aromatic N) is 1. The summed E-state index contributed by atoms with van der Waals surface area (Å²) in [7, 11) is 4.03. The third kappa shape index (κ3) is 2.04. The number of rotatable bonds is 3. The normalized spacial score (nSPS) is 23.9. The lowest BCUT2D eigenvalue weighted by molar-refractivity contribution is -0.137. The molecule has 0 saturated carbocycles. The van der Waals surface area contributed by atoms with Gasteiger partial charge in [-0.25, -0.2) is 14.5 Å². The molecule has 0 aliphatic carbocycles. The van der Waals surface area contributed by atoms with Gasteiger partial charge < -0.3 is 18.9 Å². The van der Waals surface area contributed by atoms with E-state index >= 15 is 0 Å². The summed E-state index contributed by atoms with van der Waals surface area (Å²) in [6, 6.07) is 7.37. The first-order valence-electron chi connectivity index (χ1n) is 7.95. The maximum absolute atomic E-state index is 12.6. The van der Waals surface area contributed by atoms with E-state index in [9.17, 15) is 9.59 Å². The molecule has 25 heavy (non-hydrogen) atoms. The smallest absolute Gasteiger partial charge is 0.417 e. The van der Waals surface area contributed by atoms with Crippen LogP contribution in [0.1, 0.15) is 19.4 Å². The van der Waals surface area contributed by atoms with E-state index in [1.165, 1.54) is 26.2 Å². The topological polar surface area (TPSA) is 74.3 Å². The number of carbonyl (C=O) groups is 2. The van der Waals surface area contributed by atoms with Crippen molar-refractivity contribution in [2.45, 2.75) is 25.5 Å². The van der Waals surface area contributed by atoms with Gasteiger partial charge in [0.1, 0.15) is 5.57 Å². The molecular weight excluding hydrogens is 326 g/mol. The van der Waals surface area contributed by atoms with Gasteiger partial charge in [0.25, 0.3) is 5.95 Å². The molecule has 2 aliphatic rings. The number of para-hydroxylation sites is 1. The van der Waals surface area contributed by atoms with Crippen LogP contribution in [0.4, 0.5) is 10.5 Å². The Morgan fingerprint density at radius 1 is 1.16 bits per heavy atom. The zero-order valence-electron chi connectivity index (χ0n) is 14.9. The fraction of sp³-hybridized carbons (Fsp3) is 0.444. The molecule has 0 saturated heterocycles. The van der Waals surface area contributed by atoms with Crippen LogP contribution in [-0.4, -0.2) is 39.6 Å². The number of ether oxygens (including phenoxy) is 4. The van der Waals surface area contributed by atoms with Gasteiger partial charge in [-0.2, -0.15) is 0 Å². The van der Waals surface area contributed by atoms with Crippen molar-refractivity contribution in [1.82, 2.24) is 0 Å². The van der Waals surface area contributed by atoms with Crippen molar-refractivity contribution in [3.05, 3.63) is 41.3 Å². The van der Waals surface area contributed by atoms with Gasteiger partial charge >= 0.3 is 12.1 Å². The molecule has 0 fully saturated rings. The lowest BCUT2D eigenvalue weighted by Gasteiger charge is -2.34. The van der Waals surface area contributed by atoms with Crippen molar-refractivity contribution in [2.75, 3.05) is 26.2 Å². The van der Waals surface area contributed by atoms with Crippen LogP contribution >= 0.6 is 0 Å². The van der Waals surface area contributed by atoms with E-state index in [1.54, 1.807) is 6.07 Å². The summed E-state index contributed by atoms with van der Waals surface area (Å²) in [5.74, 6) is -0.571. The molecule has 2 heterocycles. The Bertz CT molecular complexity index is 756. The second-order valence-electron chi connectivity index (χ2n) is 6.21. The maximum Gasteiger partial charge on any atom is 0.417 e. The largest absolute Gasteiger partial charge is 0.468 e. The Hall–Kier alpha value is -2.70. The second-order valence-corrected chi connectivity index (χ2v) is 6.21. The SMILES string of the molecule is COC(=O)C1=C(OC)OC2N(C(=O)OC)c3ccccc3C12C(C)C. The average Bonchev–Trinajstić information content (AvgIpc) is 3.10. The van der Waals surface area contributed by atoms with Gasteiger partial charge in [-0.05, 0) is 17.5 Å². The molecule has 2 atom stereocenters. The highest BCUT2D eigenvalue weighted by Crippen LogP contribution is 2.58. The third-order valence-corrected chi connectivity index (χ3v) is 4.93. The highest BCUT2D eigenvalue weighted by Gasteiger charge is 2.66. The monoisotopic (exact) mass is 347 g/mol. The van der Waals surface area contributed by atoms with E-state index in [4.69, 9.17) is 18.9 Å². The van der Waals surface area contributed by atoms with Crippen LogP contribution in [0, 0.1) is 5.92 Å². The number of fused-ring (bicyclic) bond motifs is 3. The third-order valence-electron chi connectivity index (χ3n) is 4.93. The van der Waals surface area contributed by atoms with Crippen LogP contribution in [0.15, 0.2) is 35.8 Å². The average molecular weight is 347 g/mol. The first-order chi connectivity index (χ1) is 11.9. The van der Waals surface area contributed by atoms with E-state index < -0.39 is 23.7 Å². The minimum Gasteiger partial charge on any atom is -0.468 e. The van der Waals surface area contributed by atoms with Crippen LogP contribution in [0.25, 0.3) is 0 Å². The second kappa shape index (κ2) is 5.98. The van der Waals surface area contributed by atoms with E-state index in [1.807, 2.05) is 32.0 Å². The van der Waals surface area contributed by atoms with Crippen LogP contribution in [0.5, 0.6) is 0 Å². The molecule has 0 aromatic heterocycles. The summed E-state index contributed by atoms with van der Waals surface area (Å²) < 4.78 is 21.2. The van der Waals surface area contributed by atoms with E-state index in [2.05, 4.69) is 0 Å². The Labute approximate surface area is 146 Å². The summed E-state index contributed by atoms with van der Waals surface area (Å²) in [4.78, 5) is 26.5. The molecule has 0 spiro atoms. The van der Waals surface area contributed by atoms with Gasteiger partial charge in [-0.15, -0.1) is 0 Å². The zero-order valence-corrected chi connectivity index (χ0v) is 14.9. The Kier molecular flexibility index (Phi) is 4.10. The zero-order chi connectivity index (χ0) is 18.4. The van der Waals surface area contributed by atoms with Crippen molar-refractivity contribution in [3.63, 3.8) is 0 Å². The van der Waals surface area contributed by atoms with Gasteiger partial charge in [0.15, 0.2) is 6.23 Å². The summed E-state index contributed by atoms with van der Waals surface area (Å²) in [6.45, 7) is 3.94. The number of methoxy groups -OCH3 is 3. The van der Waals surface area contributed by atoms with E-state index in [-0.39, 0.29) is 17.4 Å². The molecule has 134 valence electrons. The van der Waals surface area contributed by atoms with Crippen LogP contribution < -0.4 is 4.90 Å². The summed E-state index contributed by atoms with van der Waals surface area (Å²) in [6.07, 6.45) is -1.36. The predicted octanol–water partition coefficient (Wildman–Crippen LogP) is 2.55. The molecule has 1 aromatic rings. The quantitative estimate of drug-likeness (QED) is 0.783. The van der Waals surface area contributed by atoms with Crippen LogP contribution in [0.3, 0.4) is 0 Å². The Morgan fingerprint density at radius 3 is 2.40 bits per heavy atom. The number of hydrogen-bond acceptors (Lipinski definition) is 6. The number of esters is 1. The van der Waals surface area contributed by atoms with Gasteiger partial charge in [0.2, 0.25) is 0 Å². The van der Waals surface area contributed by atoms with Crippen molar-refractivity contribution in [2.24, 2.45) is 5.92 Å². The molecule has 7 heteroatoms. The molecule has 3 rings (SSSR count). The number of anilines is 1. The maximum atomic E-state index is 12.6. The summed E-state index contributed by atoms with van der Waals surface area (Å²) in [5, 5.41) is 0. The number of hydrogen-bond donors (Lipinski definition) is 0. The minimum absolute atomic E-state index is 0.0638. The molecule has 0 bridgehead atoms. The molecule has 1 amide bonds. The van der Waals surface area contributed by atoms with Gasteiger partial charge in [0.05, 0.1) is 32.4 Å². The lowest BCUT2D eigenvalue weighted by Crippen LogP contribution is -2.50.